The zero-order valence-electron chi connectivity index (χ0n) is 16.2. The van der Waals surface area contributed by atoms with Gasteiger partial charge in [-0.2, -0.15) is 0 Å². The molecule has 0 aromatic heterocycles. The first-order chi connectivity index (χ1) is 13.2. The largest absolute Gasteiger partial charge is 0.350 e. The second kappa shape index (κ2) is 11.0. The number of hydrogen-bond donors (Lipinski definition) is 3. The molecular formula is C22H30ClN3O2. The number of nitrogens with one attached hydrogen (secondary N) is 2. The van der Waals surface area contributed by atoms with Gasteiger partial charge in [-0.1, -0.05) is 61.7 Å². The van der Waals surface area contributed by atoms with Gasteiger partial charge >= 0.3 is 0 Å². The number of nitrogens with two attached hydrogens (primary N) is 1. The number of amides is 2. The molecule has 0 bridgehead atoms. The first-order valence-corrected chi connectivity index (χ1v) is 9.90. The third-order valence-electron chi connectivity index (χ3n) is 5.50. The summed E-state index contributed by atoms with van der Waals surface area (Å²) in [6.07, 6.45) is 6.19. The molecule has 0 spiro atoms. The quantitative estimate of drug-likeness (QED) is 0.664. The summed E-state index contributed by atoms with van der Waals surface area (Å²) in [7, 11) is 0. The third kappa shape index (κ3) is 5.94. The van der Waals surface area contributed by atoms with Crippen molar-refractivity contribution in [1.82, 2.24) is 10.6 Å². The van der Waals surface area contributed by atoms with Crippen LogP contribution in [-0.4, -0.2) is 30.9 Å². The van der Waals surface area contributed by atoms with Crippen molar-refractivity contribution in [3.63, 3.8) is 0 Å². The minimum absolute atomic E-state index is 0. The smallest absolute Gasteiger partial charge is 0.239 e. The lowest BCUT2D eigenvalue weighted by Gasteiger charge is -2.30. The van der Waals surface area contributed by atoms with Gasteiger partial charge in [0.05, 0.1) is 13.0 Å². The molecule has 2 amide bonds. The fourth-order valence-corrected chi connectivity index (χ4v) is 4.02. The lowest BCUT2D eigenvalue weighted by atomic mass is 9.84. The Hall–Kier alpha value is -2.11. The average molecular weight is 404 g/mol. The minimum atomic E-state index is -0.165. The van der Waals surface area contributed by atoms with E-state index in [2.05, 4.69) is 10.6 Å². The monoisotopic (exact) mass is 403 g/mol. The van der Waals surface area contributed by atoms with Crippen molar-refractivity contribution in [2.75, 3.05) is 13.1 Å². The molecule has 5 nitrogen and oxygen atoms in total. The van der Waals surface area contributed by atoms with E-state index in [1.165, 1.54) is 19.3 Å². The molecule has 152 valence electrons. The van der Waals surface area contributed by atoms with Gasteiger partial charge in [0, 0.05) is 12.6 Å². The predicted octanol–water partition coefficient (Wildman–Crippen LogP) is 2.94. The minimum Gasteiger partial charge on any atom is -0.350 e. The zero-order valence-corrected chi connectivity index (χ0v) is 17.0. The Balaban J connectivity index is 0.00000280. The molecule has 1 unspecified atom stereocenters. The summed E-state index contributed by atoms with van der Waals surface area (Å²) in [5.74, 6) is 0.143. The van der Waals surface area contributed by atoms with E-state index in [0.717, 1.165) is 29.2 Å². The number of rotatable bonds is 7. The van der Waals surface area contributed by atoms with Gasteiger partial charge in [0.15, 0.2) is 0 Å². The van der Waals surface area contributed by atoms with Gasteiger partial charge in [-0.25, -0.2) is 0 Å². The van der Waals surface area contributed by atoms with Crippen molar-refractivity contribution in [3.05, 3.63) is 48.0 Å². The van der Waals surface area contributed by atoms with Crippen LogP contribution in [0.15, 0.2) is 42.5 Å². The zero-order chi connectivity index (χ0) is 19.1. The maximum absolute atomic E-state index is 12.3. The van der Waals surface area contributed by atoms with Gasteiger partial charge in [0.1, 0.15) is 0 Å². The first kappa shape index (κ1) is 22.2. The fraction of sp³-hybridized carbons (Fsp3) is 0.455. The van der Waals surface area contributed by atoms with E-state index in [0.29, 0.717) is 12.5 Å². The van der Waals surface area contributed by atoms with E-state index in [1.807, 2.05) is 42.5 Å². The van der Waals surface area contributed by atoms with Crippen molar-refractivity contribution in [2.24, 2.45) is 11.7 Å². The third-order valence-corrected chi connectivity index (χ3v) is 5.50. The molecule has 2 aromatic carbocycles. The molecule has 28 heavy (non-hydrogen) atoms. The topological polar surface area (TPSA) is 84.2 Å². The Bertz CT molecular complexity index is 785. The molecule has 1 fully saturated rings. The van der Waals surface area contributed by atoms with Crippen LogP contribution >= 0.6 is 12.4 Å². The molecule has 1 saturated carbocycles. The highest BCUT2D eigenvalue weighted by atomic mass is 35.5. The molecule has 1 atom stereocenters. The number of fused-ring (bicyclic) bond motifs is 1. The summed E-state index contributed by atoms with van der Waals surface area (Å²) >= 11 is 0. The van der Waals surface area contributed by atoms with Gasteiger partial charge in [0.2, 0.25) is 11.8 Å². The molecule has 1 aliphatic carbocycles. The van der Waals surface area contributed by atoms with E-state index >= 15 is 0 Å². The van der Waals surface area contributed by atoms with Gasteiger partial charge in [0.25, 0.3) is 0 Å². The van der Waals surface area contributed by atoms with Crippen molar-refractivity contribution in [1.29, 1.82) is 0 Å². The summed E-state index contributed by atoms with van der Waals surface area (Å²) in [6.45, 7) is 0.438. The summed E-state index contributed by atoms with van der Waals surface area (Å²) in [6, 6.07) is 13.9. The van der Waals surface area contributed by atoms with Crippen molar-refractivity contribution >= 4 is 35.0 Å². The molecule has 0 saturated heterocycles. The van der Waals surface area contributed by atoms with Crippen molar-refractivity contribution in [3.8, 4) is 0 Å². The summed E-state index contributed by atoms with van der Waals surface area (Å²) in [4.78, 5) is 24.5. The molecule has 0 aliphatic heterocycles. The standard InChI is InChI=1S/C22H29N3O2.ClH/c23-14-20(17-8-2-1-3-9-17)25-22(27)15-24-21(26)13-18-11-6-10-16-7-4-5-12-19(16)18;/h4-7,10-12,17,20H,1-3,8-9,13-15,23H2,(H,24,26)(H,25,27);1H. The summed E-state index contributed by atoms with van der Waals surface area (Å²) < 4.78 is 0. The highest BCUT2D eigenvalue weighted by molar-refractivity contribution is 5.91. The van der Waals surface area contributed by atoms with E-state index in [-0.39, 0.29) is 43.2 Å². The molecule has 0 radical (unpaired) electrons. The number of halogens is 1. The molecule has 4 N–H and O–H groups in total. The molecule has 2 aromatic rings. The maximum Gasteiger partial charge on any atom is 0.239 e. The second-order valence-electron chi connectivity index (χ2n) is 7.40. The number of carbonyl (C=O) groups is 2. The molecule has 6 heteroatoms. The van der Waals surface area contributed by atoms with Crippen LogP contribution in [0.25, 0.3) is 10.8 Å². The van der Waals surface area contributed by atoms with Gasteiger partial charge in [-0.05, 0) is 35.1 Å². The van der Waals surface area contributed by atoms with E-state index in [9.17, 15) is 9.59 Å². The predicted molar refractivity (Wildman–Crippen MR) is 115 cm³/mol. The number of hydrogen-bond acceptors (Lipinski definition) is 3. The van der Waals surface area contributed by atoms with Gasteiger partial charge < -0.3 is 16.4 Å². The van der Waals surface area contributed by atoms with Crippen LogP contribution in [0.1, 0.15) is 37.7 Å². The van der Waals surface area contributed by atoms with Crippen LogP contribution in [0.5, 0.6) is 0 Å². The van der Waals surface area contributed by atoms with Gasteiger partial charge in [-0.3, -0.25) is 9.59 Å². The fourth-order valence-electron chi connectivity index (χ4n) is 4.02. The first-order valence-electron chi connectivity index (χ1n) is 9.90. The highest BCUT2D eigenvalue weighted by Crippen LogP contribution is 2.26. The Morgan fingerprint density at radius 3 is 2.46 bits per heavy atom. The van der Waals surface area contributed by atoms with Crippen LogP contribution < -0.4 is 16.4 Å². The molecule has 1 aliphatic rings. The Morgan fingerprint density at radius 2 is 1.71 bits per heavy atom. The van der Waals surface area contributed by atoms with Crippen LogP contribution in [0, 0.1) is 5.92 Å². The normalized spacial score (nSPS) is 15.5. The van der Waals surface area contributed by atoms with Crippen molar-refractivity contribution < 1.29 is 9.59 Å². The van der Waals surface area contributed by atoms with E-state index in [4.69, 9.17) is 5.73 Å². The number of carbonyl (C=O) groups excluding carboxylic acids is 2. The molecule has 3 rings (SSSR count). The SMILES string of the molecule is Cl.NCC(NC(=O)CNC(=O)Cc1cccc2ccccc12)C1CCCCC1. The Morgan fingerprint density at radius 1 is 1.00 bits per heavy atom. The van der Waals surface area contributed by atoms with Gasteiger partial charge in [-0.15, -0.1) is 12.4 Å². The second-order valence-corrected chi connectivity index (χ2v) is 7.40. The van der Waals surface area contributed by atoms with Crippen LogP contribution in [0.4, 0.5) is 0 Å². The van der Waals surface area contributed by atoms with Crippen LogP contribution in [0.2, 0.25) is 0 Å². The van der Waals surface area contributed by atoms with E-state index in [1.54, 1.807) is 0 Å². The van der Waals surface area contributed by atoms with E-state index < -0.39 is 0 Å². The lowest BCUT2D eigenvalue weighted by molar-refractivity contribution is -0.126. The number of benzene rings is 2. The Kier molecular flexibility index (Phi) is 8.74. The average Bonchev–Trinajstić information content (AvgIpc) is 2.71. The van der Waals surface area contributed by atoms with Crippen LogP contribution in [0.3, 0.4) is 0 Å². The van der Waals surface area contributed by atoms with Crippen molar-refractivity contribution in [2.45, 2.75) is 44.6 Å². The maximum atomic E-state index is 12.3. The Labute approximate surface area is 172 Å². The van der Waals surface area contributed by atoms with Crippen LogP contribution in [-0.2, 0) is 16.0 Å². The summed E-state index contributed by atoms with van der Waals surface area (Å²) in [5, 5.41) is 7.92. The molecule has 0 heterocycles. The highest BCUT2D eigenvalue weighted by Gasteiger charge is 2.24. The lowest BCUT2D eigenvalue weighted by Crippen LogP contribution is -2.49. The molecular weight excluding hydrogens is 374 g/mol. The summed E-state index contributed by atoms with van der Waals surface area (Å²) in [5.41, 5.74) is 6.83.